The van der Waals surface area contributed by atoms with Crippen molar-refractivity contribution in [3.63, 3.8) is 0 Å². The number of nitrogens with zero attached hydrogens (tertiary/aromatic N) is 1. The summed E-state index contributed by atoms with van der Waals surface area (Å²) in [6.07, 6.45) is 3.16. The van der Waals surface area contributed by atoms with Gasteiger partial charge in [0, 0.05) is 13.1 Å². The fourth-order valence-corrected chi connectivity index (χ4v) is 3.65. The molecule has 22 heavy (non-hydrogen) atoms. The average molecular weight is 312 g/mol. The highest BCUT2D eigenvalue weighted by Crippen LogP contribution is 2.53. The zero-order valence-corrected chi connectivity index (χ0v) is 16.3. The minimum atomic E-state index is -0.416. The lowest BCUT2D eigenvalue weighted by Gasteiger charge is -2.52. The summed E-state index contributed by atoms with van der Waals surface area (Å²) >= 11 is 0. The Kier molecular flexibility index (Phi) is 5.31. The second-order valence-corrected chi connectivity index (χ2v) is 10.2. The van der Waals surface area contributed by atoms with Crippen LogP contribution in [0.25, 0.3) is 0 Å². The molecule has 0 aromatic heterocycles. The van der Waals surface area contributed by atoms with Crippen LogP contribution in [0, 0.1) is 16.2 Å². The number of carbonyl (C=O) groups is 1. The van der Waals surface area contributed by atoms with E-state index >= 15 is 0 Å². The standard InChI is InChI=1S/C19H37NO2/c1-16(2,3)14-19(17(4,5)6)10-12-20(13-11-19)15(21)22-18(7,8)9/h10-14H2,1-9H3. The predicted octanol–water partition coefficient (Wildman–Crippen LogP) is 5.49. The van der Waals surface area contributed by atoms with Crippen LogP contribution in [0.5, 0.6) is 0 Å². The van der Waals surface area contributed by atoms with Crippen molar-refractivity contribution in [2.24, 2.45) is 16.2 Å². The number of hydrogen-bond acceptors (Lipinski definition) is 2. The number of likely N-dealkylation sites (tertiary alicyclic amines) is 1. The van der Waals surface area contributed by atoms with E-state index in [1.807, 2.05) is 25.7 Å². The molecule has 3 heteroatoms. The molecule has 0 N–H and O–H groups in total. The van der Waals surface area contributed by atoms with Crippen molar-refractivity contribution in [1.82, 2.24) is 4.90 Å². The van der Waals surface area contributed by atoms with Gasteiger partial charge in [0.05, 0.1) is 0 Å². The predicted molar refractivity (Wildman–Crippen MR) is 93.0 cm³/mol. The van der Waals surface area contributed by atoms with Crippen molar-refractivity contribution in [3.05, 3.63) is 0 Å². The van der Waals surface area contributed by atoms with Gasteiger partial charge in [-0.1, -0.05) is 41.5 Å². The van der Waals surface area contributed by atoms with Crippen LogP contribution in [-0.4, -0.2) is 29.7 Å². The van der Waals surface area contributed by atoms with Gasteiger partial charge < -0.3 is 9.64 Å². The van der Waals surface area contributed by atoms with Crippen molar-refractivity contribution in [3.8, 4) is 0 Å². The highest BCUT2D eigenvalue weighted by molar-refractivity contribution is 5.68. The van der Waals surface area contributed by atoms with E-state index in [1.54, 1.807) is 0 Å². The van der Waals surface area contributed by atoms with E-state index in [9.17, 15) is 4.79 Å². The van der Waals surface area contributed by atoms with E-state index in [0.717, 1.165) is 25.9 Å². The fraction of sp³-hybridized carbons (Fsp3) is 0.947. The van der Waals surface area contributed by atoms with Gasteiger partial charge in [0.2, 0.25) is 0 Å². The van der Waals surface area contributed by atoms with E-state index < -0.39 is 5.60 Å². The maximum atomic E-state index is 12.3. The van der Waals surface area contributed by atoms with Crippen molar-refractivity contribution < 1.29 is 9.53 Å². The first-order valence-corrected chi connectivity index (χ1v) is 8.63. The number of piperidine rings is 1. The Bertz CT molecular complexity index is 385. The first-order valence-electron chi connectivity index (χ1n) is 8.63. The van der Waals surface area contributed by atoms with Crippen LogP contribution in [0.15, 0.2) is 0 Å². The molecule has 0 atom stereocenters. The molecule has 0 radical (unpaired) electrons. The van der Waals surface area contributed by atoms with Crippen LogP contribution < -0.4 is 0 Å². The van der Waals surface area contributed by atoms with E-state index in [-0.39, 0.29) is 11.5 Å². The Labute approximate surface area is 137 Å². The Morgan fingerprint density at radius 3 is 1.73 bits per heavy atom. The SMILES string of the molecule is CC(C)(C)CC1(C(C)(C)C)CCN(C(=O)OC(C)(C)C)CC1. The van der Waals surface area contributed by atoms with Gasteiger partial charge in [-0.3, -0.25) is 0 Å². The summed E-state index contributed by atoms with van der Waals surface area (Å²) in [6, 6.07) is 0. The normalized spacial score (nSPS) is 20.0. The monoisotopic (exact) mass is 311 g/mol. The molecule has 0 aromatic carbocycles. The number of carbonyl (C=O) groups excluding carboxylic acids is 1. The molecule has 1 heterocycles. The molecular formula is C19H37NO2. The first-order chi connectivity index (χ1) is 9.65. The minimum Gasteiger partial charge on any atom is -0.444 e. The van der Waals surface area contributed by atoms with Gasteiger partial charge in [-0.25, -0.2) is 4.79 Å². The topological polar surface area (TPSA) is 29.5 Å². The molecule has 1 fully saturated rings. The zero-order valence-electron chi connectivity index (χ0n) is 16.3. The second kappa shape index (κ2) is 6.05. The Morgan fingerprint density at radius 1 is 0.955 bits per heavy atom. The summed E-state index contributed by atoms with van der Waals surface area (Å²) in [5.41, 5.74) is 0.437. The summed E-state index contributed by atoms with van der Waals surface area (Å²) in [5.74, 6) is 0. The third kappa shape index (κ3) is 5.17. The van der Waals surface area contributed by atoms with E-state index in [4.69, 9.17) is 4.74 Å². The summed E-state index contributed by atoms with van der Waals surface area (Å²) in [5, 5.41) is 0. The Hall–Kier alpha value is -0.730. The van der Waals surface area contributed by atoms with Gasteiger partial charge in [0.15, 0.2) is 0 Å². The molecule has 3 nitrogen and oxygen atoms in total. The number of rotatable bonds is 1. The highest BCUT2D eigenvalue weighted by Gasteiger charge is 2.46. The first kappa shape index (κ1) is 19.3. The van der Waals surface area contributed by atoms with Gasteiger partial charge >= 0.3 is 6.09 Å². The van der Waals surface area contributed by atoms with Crippen molar-refractivity contribution in [2.45, 2.75) is 87.2 Å². The van der Waals surface area contributed by atoms with Crippen molar-refractivity contribution >= 4 is 6.09 Å². The molecule has 0 saturated carbocycles. The van der Waals surface area contributed by atoms with Crippen LogP contribution in [-0.2, 0) is 4.74 Å². The number of ether oxygens (including phenoxy) is 1. The molecule has 1 aliphatic heterocycles. The van der Waals surface area contributed by atoms with Gasteiger partial charge in [0.1, 0.15) is 5.60 Å². The van der Waals surface area contributed by atoms with Crippen molar-refractivity contribution in [2.75, 3.05) is 13.1 Å². The largest absolute Gasteiger partial charge is 0.444 e. The molecule has 0 aromatic rings. The second-order valence-electron chi connectivity index (χ2n) is 10.2. The van der Waals surface area contributed by atoms with Crippen LogP contribution in [0.2, 0.25) is 0 Å². The van der Waals surface area contributed by atoms with Gasteiger partial charge in [0.25, 0.3) is 0 Å². The summed E-state index contributed by atoms with van der Waals surface area (Å²) in [4.78, 5) is 14.2. The molecule has 130 valence electrons. The maximum Gasteiger partial charge on any atom is 0.410 e. The van der Waals surface area contributed by atoms with Crippen LogP contribution >= 0.6 is 0 Å². The fourth-order valence-electron chi connectivity index (χ4n) is 3.65. The molecule has 1 amide bonds. The Morgan fingerprint density at radius 2 is 1.41 bits per heavy atom. The van der Waals surface area contributed by atoms with E-state index in [0.29, 0.717) is 10.8 Å². The minimum absolute atomic E-state index is 0.161. The quantitative estimate of drug-likeness (QED) is 0.641. The van der Waals surface area contributed by atoms with Gasteiger partial charge in [-0.2, -0.15) is 0 Å². The van der Waals surface area contributed by atoms with Gasteiger partial charge in [-0.05, 0) is 56.3 Å². The zero-order chi connectivity index (χ0) is 17.4. The lowest BCUT2D eigenvalue weighted by molar-refractivity contribution is -0.0366. The Balaban J connectivity index is 2.80. The van der Waals surface area contributed by atoms with Crippen LogP contribution in [0.4, 0.5) is 4.79 Å². The summed E-state index contributed by atoms with van der Waals surface area (Å²) in [7, 11) is 0. The summed E-state index contributed by atoms with van der Waals surface area (Å²) < 4.78 is 5.52. The van der Waals surface area contributed by atoms with E-state index in [2.05, 4.69) is 41.5 Å². The maximum absolute atomic E-state index is 12.3. The molecule has 0 aliphatic carbocycles. The molecule has 1 aliphatic rings. The van der Waals surface area contributed by atoms with E-state index in [1.165, 1.54) is 6.42 Å². The average Bonchev–Trinajstić information content (AvgIpc) is 2.23. The number of amides is 1. The lowest BCUT2D eigenvalue weighted by atomic mass is 9.56. The van der Waals surface area contributed by atoms with Crippen LogP contribution in [0.1, 0.15) is 81.6 Å². The molecule has 1 rings (SSSR count). The number of hydrogen-bond donors (Lipinski definition) is 0. The molecule has 0 spiro atoms. The summed E-state index contributed by atoms with van der Waals surface area (Å²) in [6.45, 7) is 21.4. The lowest BCUT2D eigenvalue weighted by Crippen LogP contribution is -2.50. The highest BCUT2D eigenvalue weighted by atomic mass is 16.6. The smallest absolute Gasteiger partial charge is 0.410 e. The molecule has 0 unspecified atom stereocenters. The van der Waals surface area contributed by atoms with Crippen LogP contribution in [0.3, 0.4) is 0 Å². The molecular weight excluding hydrogens is 274 g/mol. The van der Waals surface area contributed by atoms with Gasteiger partial charge in [-0.15, -0.1) is 0 Å². The third-order valence-electron chi connectivity index (χ3n) is 4.83. The van der Waals surface area contributed by atoms with Crippen molar-refractivity contribution in [1.29, 1.82) is 0 Å². The molecule has 1 saturated heterocycles. The third-order valence-corrected chi connectivity index (χ3v) is 4.83. The molecule has 0 bridgehead atoms.